The van der Waals surface area contributed by atoms with Gasteiger partial charge in [0.05, 0.1) is 11.8 Å². The average molecular weight is 239 g/mol. The van der Waals surface area contributed by atoms with Crippen molar-refractivity contribution >= 4 is 5.69 Å². The zero-order valence-corrected chi connectivity index (χ0v) is 11.2. The van der Waals surface area contributed by atoms with E-state index in [1.54, 1.807) is 19.1 Å². The first-order valence-corrected chi connectivity index (χ1v) is 6.05. The quantitative estimate of drug-likeness (QED) is 0.871. The minimum atomic E-state index is -0.664. The zero-order valence-electron chi connectivity index (χ0n) is 11.2. The molecular weight excluding hydrogens is 217 g/mol. The third-order valence-corrected chi connectivity index (χ3v) is 3.40. The smallest absolute Gasteiger partial charge is 0.146 e. The van der Waals surface area contributed by atoms with Crippen molar-refractivity contribution in [2.45, 2.75) is 39.8 Å². The molecule has 0 fully saturated rings. The van der Waals surface area contributed by atoms with E-state index in [1.807, 2.05) is 11.9 Å². The molecule has 0 aliphatic heterocycles. The van der Waals surface area contributed by atoms with Crippen molar-refractivity contribution in [2.75, 3.05) is 11.9 Å². The van der Waals surface area contributed by atoms with Crippen LogP contribution in [0.4, 0.5) is 10.1 Å². The van der Waals surface area contributed by atoms with Crippen LogP contribution in [0.1, 0.15) is 39.4 Å². The van der Waals surface area contributed by atoms with Crippen LogP contribution < -0.4 is 4.90 Å². The molecule has 2 nitrogen and oxygen atoms in total. The van der Waals surface area contributed by atoms with E-state index in [0.717, 1.165) is 0 Å². The summed E-state index contributed by atoms with van der Waals surface area (Å²) in [6, 6.07) is 5.05. The van der Waals surface area contributed by atoms with Crippen molar-refractivity contribution < 1.29 is 9.50 Å². The molecular formula is C14H22FNO. The molecule has 1 N–H and O–H groups in total. The number of para-hydroxylation sites is 1. The predicted molar refractivity (Wildman–Crippen MR) is 69.7 cm³/mol. The molecule has 0 amide bonds. The van der Waals surface area contributed by atoms with Crippen molar-refractivity contribution in [2.24, 2.45) is 5.92 Å². The van der Waals surface area contributed by atoms with Gasteiger partial charge in [-0.1, -0.05) is 26.0 Å². The number of aliphatic hydroxyl groups is 1. The first-order valence-electron chi connectivity index (χ1n) is 6.05. The molecule has 0 bridgehead atoms. The summed E-state index contributed by atoms with van der Waals surface area (Å²) in [7, 11) is 1.87. The summed E-state index contributed by atoms with van der Waals surface area (Å²) in [5.41, 5.74) is 1.14. The highest BCUT2D eigenvalue weighted by Gasteiger charge is 2.21. The van der Waals surface area contributed by atoms with Gasteiger partial charge in [-0.25, -0.2) is 4.39 Å². The number of nitrogens with zero attached hydrogens (tertiary/aromatic N) is 1. The van der Waals surface area contributed by atoms with Crippen LogP contribution in [-0.4, -0.2) is 18.2 Å². The van der Waals surface area contributed by atoms with Crippen molar-refractivity contribution in [1.82, 2.24) is 0 Å². The van der Waals surface area contributed by atoms with Gasteiger partial charge in [0.25, 0.3) is 0 Å². The lowest BCUT2D eigenvalue weighted by atomic mass is 10.0. The van der Waals surface area contributed by atoms with E-state index in [1.165, 1.54) is 6.07 Å². The van der Waals surface area contributed by atoms with Crippen molar-refractivity contribution in [3.05, 3.63) is 29.6 Å². The Morgan fingerprint density at radius 2 is 1.76 bits per heavy atom. The molecule has 0 spiro atoms. The van der Waals surface area contributed by atoms with Crippen LogP contribution in [0.25, 0.3) is 0 Å². The third kappa shape index (κ3) is 2.97. The number of aliphatic hydroxyl groups excluding tert-OH is 1. The van der Waals surface area contributed by atoms with Gasteiger partial charge in [0, 0.05) is 18.7 Å². The van der Waals surface area contributed by atoms with Gasteiger partial charge < -0.3 is 10.0 Å². The highest BCUT2D eigenvalue weighted by Crippen LogP contribution is 2.30. The number of benzene rings is 1. The monoisotopic (exact) mass is 239 g/mol. The lowest BCUT2D eigenvalue weighted by molar-refractivity contribution is 0.199. The molecule has 0 heterocycles. The van der Waals surface area contributed by atoms with Crippen LogP contribution in [-0.2, 0) is 0 Å². The van der Waals surface area contributed by atoms with Gasteiger partial charge in [-0.3, -0.25) is 0 Å². The summed E-state index contributed by atoms with van der Waals surface area (Å²) in [4.78, 5) is 1.90. The molecule has 1 unspecified atom stereocenters. The second kappa shape index (κ2) is 5.50. The van der Waals surface area contributed by atoms with Crippen LogP contribution in [0.2, 0.25) is 0 Å². The molecule has 0 aliphatic carbocycles. The Bertz CT molecular complexity index is 376. The summed E-state index contributed by atoms with van der Waals surface area (Å²) < 4.78 is 13.9. The Morgan fingerprint density at radius 1 is 1.18 bits per heavy atom. The minimum absolute atomic E-state index is 0.212. The van der Waals surface area contributed by atoms with Gasteiger partial charge in [0.1, 0.15) is 5.82 Å². The normalized spacial score (nSPS) is 14.8. The van der Waals surface area contributed by atoms with Crippen LogP contribution in [0.15, 0.2) is 18.2 Å². The van der Waals surface area contributed by atoms with Gasteiger partial charge >= 0.3 is 0 Å². The van der Waals surface area contributed by atoms with Gasteiger partial charge in [0.2, 0.25) is 0 Å². The molecule has 1 aromatic rings. The highest BCUT2D eigenvalue weighted by molar-refractivity contribution is 5.56. The molecule has 0 aliphatic rings. The zero-order chi connectivity index (χ0) is 13.2. The molecule has 2 atom stereocenters. The Labute approximate surface area is 103 Å². The number of anilines is 1. The van der Waals surface area contributed by atoms with E-state index in [4.69, 9.17) is 0 Å². The fourth-order valence-electron chi connectivity index (χ4n) is 1.89. The molecule has 0 radical (unpaired) electrons. The largest absolute Gasteiger partial charge is 0.389 e. The molecule has 0 saturated heterocycles. The highest BCUT2D eigenvalue weighted by atomic mass is 19.1. The second-order valence-corrected chi connectivity index (χ2v) is 4.95. The Hall–Kier alpha value is -1.09. The summed E-state index contributed by atoms with van der Waals surface area (Å²) in [5.74, 6) is 0.139. The molecule has 0 aromatic heterocycles. The number of rotatable bonds is 4. The molecule has 17 heavy (non-hydrogen) atoms. The molecule has 3 heteroatoms. The number of hydrogen-bond acceptors (Lipinski definition) is 2. The van der Waals surface area contributed by atoms with Crippen molar-refractivity contribution in [3.63, 3.8) is 0 Å². The SMILES string of the molecule is CC(C)C(C)N(C)c1c(F)cccc1[C@@H](C)O. The standard InChI is InChI=1S/C14H22FNO/c1-9(2)10(3)16(5)14-12(11(4)17)7-6-8-13(14)15/h6-11,17H,1-5H3/t10?,11-/m1/s1. The average Bonchev–Trinajstić information content (AvgIpc) is 2.26. The van der Waals surface area contributed by atoms with E-state index in [0.29, 0.717) is 17.2 Å². The van der Waals surface area contributed by atoms with Gasteiger partial charge in [-0.2, -0.15) is 0 Å². The van der Waals surface area contributed by atoms with E-state index >= 15 is 0 Å². The van der Waals surface area contributed by atoms with E-state index in [2.05, 4.69) is 20.8 Å². The maximum atomic E-state index is 13.9. The topological polar surface area (TPSA) is 23.5 Å². The van der Waals surface area contributed by atoms with Gasteiger partial charge in [-0.15, -0.1) is 0 Å². The summed E-state index contributed by atoms with van der Waals surface area (Å²) in [5, 5.41) is 9.70. The van der Waals surface area contributed by atoms with Gasteiger partial charge in [-0.05, 0) is 25.8 Å². The molecule has 1 rings (SSSR count). The van der Waals surface area contributed by atoms with Crippen LogP contribution >= 0.6 is 0 Å². The Morgan fingerprint density at radius 3 is 2.24 bits per heavy atom. The Balaban J connectivity index is 3.20. The summed E-state index contributed by atoms with van der Waals surface area (Å²) in [6.45, 7) is 7.92. The van der Waals surface area contributed by atoms with E-state index in [9.17, 15) is 9.50 Å². The van der Waals surface area contributed by atoms with E-state index in [-0.39, 0.29) is 11.9 Å². The van der Waals surface area contributed by atoms with Crippen LogP contribution in [0.3, 0.4) is 0 Å². The second-order valence-electron chi connectivity index (χ2n) is 4.95. The fourth-order valence-corrected chi connectivity index (χ4v) is 1.89. The number of hydrogen-bond donors (Lipinski definition) is 1. The maximum Gasteiger partial charge on any atom is 0.146 e. The van der Waals surface area contributed by atoms with Crippen molar-refractivity contribution in [3.8, 4) is 0 Å². The lowest BCUT2D eigenvalue weighted by Gasteiger charge is -2.32. The van der Waals surface area contributed by atoms with E-state index < -0.39 is 6.10 Å². The lowest BCUT2D eigenvalue weighted by Crippen LogP contribution is -2.34. The fraction of sp³-hybridized carbons (Fsp3) is 0.571. The third-order valence-electron chi connectivity index (χ3n) is 3.40. The van der Waals surface area contributed by atoms with Crippen LogP contribution in [0.5, 0.6) is 0 Å². The Kier molecular flexibility index (Phi) is 4.52. The molecule has 1 aromatic carbocycles. The molecule has 96 valence electrons. The number of halogens is 1. The first-order chi connectivity index (χ1) is 7.86. The maximum absolute atomic E-state index is 13.9. The molecule has 0 saturated carbocycles. The first kappa shape index (κ1) is 14.0. The van der Waals surface area contributed by atoms with Gasteiger partial charge in [0.15, 0.2) is 0 Å². The summed E-state index contributed by atoms with van der Waals surface area (Å²) >= 11 is 0. The van der Waals surface area contributed by atoms with Crippen molar-refractivity contribution in [1.29, 1.82) is 0 Å². The minimum Gasteiger partial charge on any atom is -0.389 e. The predicted octanol–water partition coefficient (Wildman–Crippen LogP) is 3.36. The van der Waals surface area contributed by atoms with Crippen LogP contribution in [0, 0.1) is 11.7 Å². The summed E-state index contributed by atoms with van der Waals surface area (Å²) in [6.07, 6.45) is -0.664.